The van der Waals surface area contributed by atoms with E-state index in [1.807, 2.05) is 48.1 Å². The first-order chi connectivity index (χ1) is 11.7. The molecule has 6 nitrogen and oxygen atoms in total. The van der Waals surface area contributed by atoms with E-state index in [1.54, 1.807) is 17.6 Å². The van der Waals surface area contributed by atoms with Crippen LogP contribution in [0.1, 0.15) is 18.7 Å². The van der Waals surface area contributed by atoms with Gasteiger partial charge in [-0.3, -0.25) is 9.36 Å². The normalized spacial score (nSPS) is 12.2. The highest BCUT2D eigenvalue weighted by molar-refractivity contribution is 8.00. The number of thioether (sulfide) groups is 1. The van der Waals surface area contributed by atoms with E-state index in [1.165, 1.54) is 11.8 Å². The van der Waals surface area contributed by atoms with Gasteiger partial charge in [0.1, 0.15) is 0 Å². The molecule has 8 heteroatoms. The van der Waals surface area contributed by atoms with E-state index in [-0.39, 0.29) is 11.2 Å². The van der Waals surface area contributed by atoms with Gasteiger partial charge in [0.05, 0.1) is 18.1 Å². The van der Waals surface area contributed by atoms with Gasteiger partial charge in [-0.1, -0.05) is 17.8 Å². The molecule has 24 heavy (non-hydrogen) atoms. The molecule has 0 aromatic carbocycles. The zero-order valence-corrected chi connectivity index (χ0v) is 15.1. The number of amides is 1. The second-order valence-electron chi connectivity index (χ2n) is 5.08. The molecule has 3 aromatic heterocycles. The maximum Gasteiger partial charge on any atom is 0.233 e. The van der Waals surface area contributed by atoms with Crippen LogP contribution in [-0.4, -0.2) is 25.9 Å². The van der Waals surface area contributed by atoms with Gasteiger partial charge in [-0.15, -0.1) is 21.5 Å². The molecule has 1 N–H and O–H groups in total. The fourth-order valence-corrected chi connectivity index (χ4v) is 3.77. The third-order valence-corrected chi connectivity index (χ3v) is 5.40. The molecule has 1 amide bonds. The lowest BCUT2D eigenvalue weighted by atomic mass is 10.4. The first-order valence-electron chi connectivity index (χ1n) is 7.63. The van der Waals surface area contributed by atoms with Crippen molar-refractivity contribution in [1.29, 1.82) is 0 Å². The highest BCUT2D eigenvalue weighted by Crippen LogP contribution is 2.27. The minimum atomic E-state index is -0.260. The molecule has 0 unspecified atom stereocenters. The van der Waals surface area contributed by atoms with E-state index in [4.69, 9.17) is 4.42 Å². The molecule has 0 radical (unpaired) electrons. The second-order valence-corrected chi connectivity index (χ2v) is 7.43. The SMILES string of the molecule is CCn1c(S[C@H](C)C(=O)NCc2cccs2)nnc1-c1ccco1. The fraction of sp³-hybridized carbons (Fsp3) is 0.312. The highest BCUT2D eigenvalue weighted by atomic mass is 32.2. The molecule has 126 valence electrons. The van der Waals surface area contributed by atoms with Gasteiger partial charge >= 0.3 is 0 Å². The van der Waals surface area contributed by atoms with Crippen molar-refractivity contribution in [2.24, 2.45) is 0 Å². The Kier molecular flexibility index (Phi) is 5.37. The van der Waals surface area contributed by atoms with Crippen LogP contribution in [0.15, 0.2) is 45.5 Å². The molecule has 0 fully saturated rings. The summed E-state index contributed by atoms with van der Waals surface area (Å²) < 4.78 is 7.35. The standard InChI is InChI=1S/C16H18N4O2S2/c1-3-20-14(13-7-4-8-22-13)18-19-16(20)24-11(2)15(21)17-10-12-6-5-9-23-12/h4-9,11H,3,10H2,1-2H3,(H,17,21)/t11-/m1/s1. The lowest BCUT2D eigenvalue weighted by Gasteiger charge is -2.12. The predicted octanol–water partition coefficient (Wildman–Crippen LogP) is 3.42. The third-order valence-electron chi connectivity index (χ3n) is 3.44. The van der Waals surface area contributed by atoms with Gasteiger partial charge in [0.25, 0.3) is 0 Å². The zero-order chi connectivity index (χ0) is 16.9. The number of furan rings is 1. The average molecular weight is 362 g/mol. The molecule has 0 spiro atoms. The van der Waals surface area contributed by atoms with Crippen LogP contribution >= 0.6 is 23.1 Å². The Balaban J connectivity index is 1.65. The van der Waals surface area contributed by atoms with Crippen LogP contribution in [0, 0.1) is 0 Å². The zero-order valence-electron chi connectivity index (χ0n) is 13.4. The Bertz CT molecular complexity index is 781. The van der Waals surface area contributed by atoms with Crippen molar-refractivity contribution in [2.45, 2.75) is 37.3 Å². The summed E-state index contributed by atoms with van der Waals surface area (Å²) in [5.74, 6) is 1.33. The molecule has 0 saturated carbocycles. The Labute approximate surface area is 148 Å². The van der Waals surface area contributed by atoms with Crippen LogP contribution in [0.4, 0.5) is 0 Å². The maximum atomic E-state index is 12.3. The number of aromatic nitrogens is 3. The molecule has 1 atom stereocenters. The molecule has 0 bridgehead atoms. The number of hydrogen-bond acceptors (Lipinski definition) is 6. The van der Waals surface area contributed by atoms with Crippen molar-refractivity contribution >= 4 is 29.0 Å². The largest absolute Gasteiger partial charge is 0.461 e. The summed E-state index contributed by atoms with van der Waals surface area (Å²) in [5, 5.41) is 13.8. The van der Waals surface area contributed by atoms with Crippen LogP contribution in [0.3, 0.4) is 0 Å². The van der Waals surface area contributed by atoms with Crippen molar-refractivity contribution in [3.8, 4) is 11.6 Å². The second kappa shape index (κ2) is 7.67. The smallest absolute Gasteiger partial charge is 0.233 e. The van der Waals surface area contributed by atoms with E-state index >= 15 is 0 Å². The summed E-state index contributed by atoms with van der Waals surface area (Å²) >= 11 is 3.03. The molecule has 0 saturated heterocycles. The molecule has 0 aliphatic carbocycles. The van der Waals surface area contributed by atoms with Crippen LogP contribution in [-0.2, 0) is 17.9 Å². The summed E-state index contributed by atoms with van der Waals surface area (Å²) in [6.45, 7) is 5.14. The number of hydrogen-bond donors (Lipinski definition) is 1. The quantitative estimate of drug-likeness (QED) is 0.652. The number of nitrogens with one attached hydrogen (secondary N) is 1. The average Bonchev–Trinajstić information content (AvgIpc) is 3.32. The van der Waals surface area contributed by atoms with Gasteiger partial charge in [0.2, 0.25) is 5.91 Å². The van der Waals surface area contributed by atoms with Crippen LogP contribution < -0.4 is 5.32 Å². The third kappa shape index (κ3) is 3.70. The summed E-state index contributed by atoms with van der Waals surface area (Å²) in [6, 6.07) is 7.65. The molecule has 3 heterocycles. The van der Waals surface area contributed by atoms with Gasteiger partial charge in [0.15, 0.2) is 16.7 Å². The lowest BCUT2D eigenvalue weighted by molar-refractivity contribution is -0.120. The van der Waals surface area contributed by atoms with Gasteiger partial charge in [0, 0.05) is 11.4 Å². The van der Waals surface area contributed by atoms with Crippen molar-refractivity contribution in [3.05, 3.63) is 40.8 Å². The number of carbonyl (C=O) groups is 1. The minimum absolute atomic E-state index is 0.0152. The van der Waals surface area contributed by atoms with Gasteiger partial charge in [-0.05, 0) is 37.4 Å². The molecular weight excluding hydrogens is 344 g/mol. The van der Waals surface area contributed by atoms with Gasteiger partial charge in [-0.25, -0.2) is 0 Å². The first kappa shape index (κ1) is 16.8. The molecule has 0 aliphatic rings. The monoisotopic (exact) mass is 362 g/mol. The van der Waals surface area contributed by atoms with Crippen LogP contribution in [0.25, 0.3) is 11.6 Å². The maximum absolute atomic E-state index is 12.3. The number of rotatable bonds is 7. The molecule has 3 rings (SSSR count). The molecule has 0 aliphatic heterocycles. The Morgan fingerprint density at radius 2 is 2.29 bits per heavy atom. The Morgan fingerprint density at radius 1 is 1.42 bits per heavy atom. The predicted molar refractivity (Wildman–Crippen MR) is 94.9 cm³/mol. The summed E-state index contributed by atoms with van der Waals surface area (Å²) in [4.78, 5) is 13.4. The number of nitrogens with zero attached hydrogens (tertiary/aromatic N) is 3. The topological polar surface area (TPSA) is 73.0 Å². The van der Waals surface area contributed by atoms with Crippen molar-refractivity contribution in [1.82, 2.24) is 20.1 Å². The van der Waals surface area contributed by atoms with E-state index in [2.05, 4.69) is 15.5 Å². The van der Waals surface area contributed by atoms with Crippen LogP contribution in [0.5, 0.6) is 0 Å². The Morgan fingerprint density at radius 3 is 2.96 bits per heavy atom. The van der Waals surface area contributed by atoms with Crippen LogP contribution in [0.2, 0.25) is 0 Å². The Hall–Kier alpha value is -2.06. The van der Waals surface area contributed by atoms with Gasteiger partial charge in [-0.2, -0.15) is 0 Å². The van der Waals surface area contributed by atoms with Gasteiger partial charge < -0.3 is 9.73 Å². The summed E-state index contributed by atoms with van der Waals surface area (Å²) in [7, 11) is 0. The fourth-order valence-electron chi connectivity index (χ4n) is 2.19. The van der Waals surface area contributed by atoms with Crippen molar-refractivity contribution < 1.29 is 9.21 Å². The first-order valence-corrected chi connectivity index (χ1v) is 9.38. The lowest BCUT2D eigenvalue weighted by Crippen LogP contribution is -2.30. The van der Waals surface area contributed by atoms with Crippen molar-refractivity contribution in [3.63, 3.8) is 0 Å². The molecular formula is C16H18N4O2S2. The van der Waals surface area contributed by atoms with E-state index < -0.39 is 0 Å². The molecule has 3 aromatic rings. The van der Waals surface area contributed by atoms with E-state index in [0.29, 0.717) is 29.8 Å². The summed E-state index contributed by atoms with van der Waals surface area (Å²) in [6.07, 6.45) is 1.61. The van der Waals surface area contributed by atoms with E-state index in [0.717, 1.165) is 4.88 Å². The van der Waals surface area contributed by atoms with E-state index in [9.17, 15) is 4.79 Å². The van der Waals surface area contributed by atoms with Crippen molar-refractivity contribution in [2.75, 3.05) is 0 Å². The number of carbonyl (C=O) groups excluding carboxylic acids is 1. The number of thiophene rings is 1. The minimum Gasteiger partial charge on any atom is -0.461 e. The highest BCUT2D eigenvalue weighted by Gasteiger charge is 2.21. The summed E-state index contributed by atoms with van der Waals surface area (Å²) in [5.41, 5.74) is 0.